The lowest BCUT2D eigenvalue weighted by atomic mass is 10.00. The average molecular weight is 486 g/mol. The predicted octanol–water partition coefficient (Wildman–Crippen LogP) is 1.33. The van der Waals surface area contributed by atoms with Crippen LogP contribution in [-0.2, 0) is 23.4 Å². The Morgan fingerprint density at radius 2 is 2.23 bits per heavy atom. The number of ether oxygens (including phenoxy) is 1. The molecule has 10 nitrogen and oxygen atoms in total. The number of halogens is 1. The van der Waals surface area contributed by atoms with Gasteiger partial charge in [-0.2, -0.15) is 0 Å². The summed E-state index contributed by atoms with van der Waals surface area (Å²) in [5.41, 5.74) is -0.478. The fraction of sp³-hybridized carbons (Fsp3) is 0.765. The molecule has 5 atom stereocenters. The monoisotopic (exact) mass is 485 g/mol. The van der Waals surface area contributed by atoms with Gasteiger partial charge in [0.2, 0.25) is 12.3 Å². The van der Waals surface area contributed by atoms with E-state index in [1.165, 1.54) is 17.2 Å². The summed E-state index contributed by atoms with van der Waals surface area (Å²) in [4.78, 5) is 33.5. The third kappa shape index (κ3) is 7.20. The van der Waals surface area contributed by atoms with Gasteiger partial charge >= 0.3 is 7.75 Å². The van der Waals surface area contributed by atoms with E-state index in [1.807, 2.05) is 20.8 Å². The fourth-order valence-electron chi connectivity index (χ4n) is 2.87. The Kier molecular flexibility index (Phi) is 8.43. The molecular weight excluding hydrogens is 457 g/mol. The number of carbonyl (C=O) groups is 2. The summed E-state index contributed by atoms with van der Waals surface area (Å²) >= 11 is 7.61. The van der Waals surface area contributed by atoms with Crippen molar-refractivity contribution in [2.45, 2.75) is 57.7 Å². The maximum atomic E-state index is 12.2. The van der Waals surface area contributed by atoms with Crippen LogP contribution in [0.15, 0.2) is 12.3 Å². The van der Waals surface area contributed by atoms with Crippen LogP contribution < -0.4 is 10.4 Å². The molecule has 0 aliphatic carbocycles. The van der Waals surface area contributed by atoms with Crippen molar-refractivity contribution in [1.29, 1.82) is 0 Å². The molecule has 2 aliphatic rings. The molecule has 2 unspecified atom stereocenters. The third-order valence-corrected chi connectivity index (χ3v) is 7.13. The minimum atomic E-state index is -4.09. The van der Waals surface area contributed by atoms with Crippen LogP contribution in [0.2, 0.25) is 0 Å². The Morgan fingerprint density at radius 1 is 1.57 bits per heavy atom. The second-order valence-corrected chi connectivity index (χ2v) is 11.9. The lowest BCUT2D eigenvalue weighted by Gasteiger charge is -2.38. The summed E-state index contributed by atoms with van der Waals surface area (Å²) in [5, 5.41) is 14.8. The van der Waals surface area contributed by atoms with E-state index in [4.69, 9.17) is 20.9 Å². The second kappa shape index (κ2) is 9.87. The Labute approximate surface area is 185 Å². The molecule has 0 aromatic carbocycles. The summed E-state index contributed by atoms with van der Waals surface area (Å²) in [6.07, 6.45) is 0.221. The molecule has 30 heavy (non-hydrogen) atoms. The standard InChI is InChI=1S/C17H29ClN3O7PS/c1-16(2,3)14(23)30-8-6-19-29(25,26)27-10-11-9-17(4,18)13(28-11)21-7-5-12(22)20-15(21)24/h5,7,11,13,15,24H,6,8-10H2,1-4H3,(H,20,22)(H2,19,25,26)/t11-,13+,15?,17+/m0/s1. The number of hydrogen-bond acceptors (Lipinski definition) is 8. The zero-order valence-electron chi connectivity index (χ0n) is 17.3. The molecule has 0 aromatic rings. The Morgan fingerprint density at radius 3 is 2.83 bits per heavy atom. The molecule has 2 aliphatic heterocycles. The maximum Gasteiger partial charge on any atom is 0.403 e. The topological polar surface area (TPSA) is 137 Å². The lowest BCUT2D eigenvalue weighted by molar-refractivity contribution is -0.143. The lowest BCUT2D eigenvalue weighted by Crippen LogP contribution is -2.56. The van der Waals surface area contributed by atoms with Crippen LogP contribution in [0.1, 0.15) is 34.1 Å². The number of nitrogens with one attached hydrogen (secondary N) is 2. The highest BCUT2D eigenvalue weighted by molar-refractivity contribution is 8.13. The Hall–Kier alpha value is -0.650. The minimum Gasteiger partial charge on any atom is -0.356 e. The van der Waals surface area contributed by atoms with E-state index in [9.17, 15) is 24.2 Å². The molecule has 0 spiro atoms. The first kappa shape index (κ1) is 25.6. The SMILES string of the molecule is CC(C)(C)C(=O)SCCNP(=O)(O)OC[C@@H]1C[C@@](C)(Cl)[C@H](N2C=CC(=O)NC2O)O1. The van der Waals surface area contributed by atoms with E-state index < -0.39 is 42.6 Å². The van der Waals surface area contributed by atoms with E-state index in [0.717, 1.165) is 11.8 Å². The highest BCUT2D eigenvalue weighted by Crippen LogP contribution is 2.42. The first-order chi connectivity index (χ1) is 13.7. The van der Waals surface area contributed by atoms with Gasteiger partial charge in [-0.15, -0.1) is 11.6 Å². The molecule has 2 heterocycles. The number of carbonyl (C=O) groups excluding carboxylic acids is 2. The van der Waals surface area contributed by atoms with Crippen LogP contribution in [0, 0.1) is 5.41 Å². The van der Waals surface area contributed by atoms with Gasteiger partial charge in [0, 0.05) is 30.0 Å². The normalized spacial score (nSPS) is 31.5. The number of amides is 1. The highest BCUT2D eigenvalue weighted by Gasteiger charge is 2.49. The molecule has 1 saturated heterocycles. The largest absolute Gasteiger partial charge is 0.403 e. The zero-order valence-corrected chi connectivity index (χ0v) is 19.8. The van der Waals surface area contributed by atoms with Crippen LogP contribution in [0.25, 0.3) is 0 Å². The number of hydrogen-bond donors (Lipinski definition) is 4. The predicted molar refractivity (Wildman–Crippen MR) is 113 cm³/mol. The molecular formula is C17H29ClN3O7PS. The molecule has 1 fully saturated rings. The van der Waals surface area contributed by atoms with E-state index in [1.54, 1.807) is 6.92 Å². The first-order valence-electron chi connectivity index (χ1n) is 9.39. The number of aliphatic hydroxyl groups excluding tert-OH is 1. The summed E-state index contributed by atoms with van der Waals surface area (Å²) < 4.78 is 23.1. The third-order valence-electron chi connectivity index (χ3n) is 4.38. The van der Waals surface area contributed by atoms with Crippen LogP contribution in [-0.4, -0.2) is 68.4 Å². The van der Waals surface area contributed by atoms with Crippen LogP contribution >= 0.6 is 31.1 Å². The molecule has 2 rings (SSSR count). The molecule has 172 valence electrons. The fourth-order valence-corrected chi connectivity index (χ4v) is 5.03. The van der Waals surface area contributed by atoms with Crippen molar-refractivity contribution in [3.63, 3.8) is 0 Å². The van der Waals surface area contributed by atoms with E-state index in [-0.39, 0.29) is 18.3 Å². The molecule has 0 radical (unpaired) electrons. The average Bonchev–Trinajstić information content (AvgIpc) is 2.90. The second-order valence-electron chi connectivity index (χ2n) is 8.35. The zero-order chi connectivity index (χ0) is 22.7. The Bertz CT molecular complexity index is 731. The molecule has 4 N–H and O–H groups in total. The summed E-state index contributed by atoms with van der Waals surface area (Å²) in [7, 11) is -4.09. The van der Waals surface area contributed by atoms with Crippen LogP contribution in [0.3, 0.4) is 0 Å². The molecule has 1 amide bonds. The van der Waals surface area contributed by atoms with Gasteiger partial charge in [0.15, 0.2) is 11.3 Å². The quantitative estimate of drug-likeness (QED) is 0.226. The van der Waals surface area contributed by atoms with Crippen molar-refractivity contribution in [3.8, 4) is 0 Å². The van der Waals surface area contributed by atoms with Gasteiger partial charge in [-0.3, -0.25) is 14.1 Å². The molecule has 0 bridgehead atoms. The van der Waals surface area contributed by atoms with Crippen molar-refractivity contribution in [2.24, 2.45) is 5.41 Å². The number of aliphatic hydroxyl groups is 1. The van der Waals surface area contributed by atoms with Gasteiger partial charge in [0.1, 0.15) is 0 Å². The van der Waals surface area contributed by atoms with Gasteiger partial charge in [0.05, 0.1) is 17.6 Å². The van der Waals surface area contributed by atoms with Crippen molar-refractivity contribution >= 4 is 42.1 Å². The Balaban J connectivity index is 1.81. The van der Waals surface area contributed by atoms with Crippen LogP contribution in [0.4, 0.5) is 0 Å². The van der Waals surface area contributed by atoms with Crippen molar-refractivity contribution < 1.29 is 33.4 Å². The van der Waals surface area contributed by atoms with Gasteiger partial charge < -0.3 is 25.0 Å². The number of thioether (sulfide) groups is 1. The van der Waals surface area contributed by atoms with Gasteiger partial charge in [-0.05, 0) is 13.3 Å². The van der Waals surface area contributed by atoms with Crippen LogP contribution in [0.5, 0.6) is 0 Å². The van der Waals surface area contributed by atoms with E-state index in [0.29, 0.717) is 12.2 Å². The minimum absolute atomic E-state index is 0.00470. The van der Waals surface area contributed by atoms with Crippen molar-refractivity contribution in [3.05, 3.63) is 12.3 Å². The first-order valence-corrected chi connectivity index (χ1v) is 12.3. The summed E-state index contributed by atoms with van der Waals surface area (Å²) in [6, 6.07) is 0. The van der Waals surface area contributed by atoms with Gasteiger partial charge in [-0.1, -0.05) is 32.5 Å². The smallest absolute Gasteiger partial charge is 0.356 e. The number of rotatable bonds is 8. The van der Waals surface area contributed by atoms with Gasteiger partial charge in [-0.25, -0.2) is 9.65 Å². The van der Waals surface area contributed by atoms with E-state index in [2.05, 4.69) is 10.4 Å². The summed E-state index contributed by atoms with van der Waals surface area (Å²) in [5.74, 6) is -0.112. The van der Waals surface area contributed by atoms with Gasteiger partial charge in [0.25, 0.3) is 0 Å². The number of alkyl halides is 1. The summed E-state index contributed by atoms with van der Waals surface area (Å²) in [6.45, 7) is 7.04. The molecule has 0 aromatic heterocycles. The van der Waals surface area contributed by atoms with E-state index >= 15 is 0 Å². The maximum absolute atomic E-state index is 12.2. The number of nitrogens with zero attached hydrogens (tertiary/aromatic N) is 1. The highest BCUT2D eigenvalue weighted by atomic mass is 35.5. The van der Waals surface area contributed by atoms with Crippen molar-refractivity contribution in [1.82, 2.24) is 15.3 Å². The molecule has 13 heteroatoms. The molecule has 0 saturated carbocycles. The van der Waals surface area contributed by atoms with Crippen molar-refractivity contribution in [2.75, 3.05) is 18.9 Å².